The minimum atomic E-state index is 0.0692. The number of piperidine rings is 1. The van der Waals surface area contributed by atoms with Crippen molar-refractivity contribution in [2.75, 3.05) is 19.6 Å². The summed E-state index contributed by atoms with van der Waals surface area (Å²) in [5.41, 5.74) is 2.71. The number of hydrogen-bond donors (Lipinski definition) is 0. The predicted molar refractivity (Wildman–Crippen MR) is 102 cm³/mol. The molecular formula is C19H23N5O2S. The van der Waals surface area contributed by atoms with Crippen LogP contribution in [0.2, 0.25) is 0 Å². The third kappa shape index (κ3) is 2.96. The number of thiazole rings is 1. The number of imidazole rings is 1. The second-order valence-electron chi connectivity index (χ2n) is 7.77. The lowest BCUT2D eigenvalue weighted by molar-refractivity contribution is 0.0579. The van der Waals surface area contributed by atoms with Crippen LogP contribution in [0.15, 0.2) is 22.3 Å². The first kappa shape index (κ1) is 16.9. The summed E-state index contributed by atoms with van der Waals surface area (Å²) < 4.78 is 7.25. The van der Waals surface area contributed by atoms with Crippen molar-refractivity contribution >= 4 is 22.2 Å². The van der Waals surface area contributed by atoms with E-state index >= 15 is 0 Å². The highest BCUT2D eigenvalue weighted by molar-refractivity contribution is 7.15. The van der Waals surface area contributed by atoms with Crippen molar-refractivity contribution in [1.82, 2.24) is 24.3 Å². The van der Waals surface area contributed by atoms with Gasteiger partial charge < -0.3 is 9.42 Å². The van der Waals surface area contributed by atoms with Crippen LogP contribution in [0.3, 0.4) is 0 Å². The zero-order chi connectivity index (χ0) is 18.5. The second kappa shape index (κ2) is 6.45. The SMILES string of the molecule is Cc1noc(C)c1CN1C[C@H]2CC[C@@H](C1)N(C(=O)c1cn3ccsc3n1)C2. The molecule has 0 radical (unpaired) electrons. The van der Waals surface area contributed by atoms with E-state index in [0.29, 0.717) is 11.6 Å². The Balaban J connectivity index is 1.36. The van der Waals surface area contributed by atoms with Crippen molar-refractivity contribution in [1.29, 1.82) is 0 Å². The number of hydrogen-bond acceptors (Lipinski definition) is 6. The number of amides is 1. The van der Waals surface area contributed by atoms with Gasteiger partial charge in [0, 0.05) is 55.6 Å². The van der Waals surface area contributed by atoms with Crippen LogP contribution >= 0.6 is 11.3 Å². The summed E-state index contributed by atoms with van der Waals surface area (Å²) in [6, 6.07) is 0.247. The van der Waals surface area contributed by atoms with E-state index in [0.717, 1.165) is 49.0 Å². The zero-order valence-electron chi connectivity index (χ0n) is 15.6. The minimum absolute atomic E-state index is 0.0692. The summed E-state index contributed by atoms with van der Waals surface area (Å²) in [7, 11) is 0. The normalized spacial score (nSPS) is 23.3. The van der Waals surface area contributed by atoms with E-state index in [2.05, 4.69) is 19.9 Å². The van der Waals surface area contributed by atoms with Crippen molar-refractivity contribution in [3.63, 3.8) is 0 Å². The van der Waals surface area contributed by atoms with Crippen LogP contribution in [0.4, 0.5) is 0 Å². The van der Waals surface area contributed by atoms with Crippen molar-refractivity contribution < 1.29 is 9.32 Å². The molecule has 0 spiro atoms. The molecule has 3 aliphatic rings. The molecule has 0 saturated carbocycles. The Hall–Kier alpha value is -2.19. The second-order valence-corrected chi connectivity index (χ2v) is 8.64. The molecule has 0 N–H and O–H groups in total. The van der Waals surface area contributed by atoms with Crippen LogP contribution in [-0.4, -0.2) is 55.9 Å². The molecule has 142 valence electrons. The molecule has 2 atom stereocenters. The molecule has 7 nitrogen and oxygen atoms in total. The molecule has 0 aromatic carbocycles. The molecule has 1 amide bonds. The van der Waals surface area contributed by atoms with E-state index < -0.39 is 0 Å². The lowest BCUT2D eigenvalue weighted by atomic mass is 9.95. The van der Waals surface area contributed by atoms with Crippen molar-refractivity contribution in [3.05, 3.63) is 40.5 Å². The third-order valence-corrected chi connectivity index (χ3v) is 6.70. The number of fused-ring (bicyclic) bond motifs is 5. The van der Waals surface area contributed by atoms with Crippen molar-refractivity contribution in [2.24, 2.45) is 5.92 Å². The first-order valence-corrected chi connectivity index (χ1v) is 10.3. The highest BCUT2D eigenvalue weighted by Crippen LogP contribution is 2.30. The summed E-state index contributed by atoms with van der Waals surface area (Å²) in [5, 5.41) is 6.06. The molecule has 6 heterocycles. The van der Waals surface area contributed by atoms with E-state index in [1.54, 1.807) is 11.3 Å². The first-order chi connectivity index (χ1) is 13.1. The van der Waals surface area contributed by atoms with Crippen molar-refractivity contribution in [3.8, 4) is 0 Å². The number of aromatic nitrogens is 3. The molecule has 0 aliphatic carbocycles. The molecule has 27 heavy (non-hydrogen) atoms. The summed E-state index contributed by atoms with van der Waals surface area (Å²) >= 11 is 1.55. The Kier molecular flexibility index (Phi) is 4.05. The zero-order valence-corrected chi connectivity index (χ0v) is 16.4. The Morgan fingerprint density at radius 2 is 2.19 bits per heavy atom. The fourth-order valence-corrected chi connectivity index (χ4v) is 5.19. The Labute approximate surface area is 161 Å². The molecule has 8 heteroatoms. The number of nitrogens with zero attached hydrogens (tertiary/aromatic N) is 5. The maximum atomic E-state index is 13.2. The first-order valence-electron chi connectivity index (χ1n) is 9.45. The Morgan fingerprint density at radius 3 is 2.96 bits per heavy atom. The van der Waals surface area contributed by atoms with Gasteiger partial charge in [0.15, 0.2) is 4.96 Å². The lowest BCUT2D eigenvalue weighted by Crippen LogP contribution is -2.47. The quantitative estimate of drug-likeness (QED) is 0.694. The molecule has 3 fully saturated rings. The largest absolute Gasteiger partial charge is 0.361 e. The number of carbonyl (C=O) groups is 1. The van der Waals surface area contributed by atoms with Crippen LogP contribution in [-0.2, 0) is 6.54 Å². The predicted octanol–water partition coefficient (Wildman–Crippen LogP) is 2.74. The van der Waals surface area contributed by atoms with Gasteiger partial charge in [0.05, 0.1) is 5.69 Å². The number of aryl methyl sites for hydroxylation is 2. The average Bonchev–Trinajstić information content (AvgIpc) is 3.25. The molecule has 6 rings (SSSR count). The monoisotopic (exact) mass is 385 g/mol. The van der Waals surface area contributed by atoms with Gasteiger partial charge in [-0.05, 0) is 32.6 Å². The average molecular weight is 385 g/mol. The maximum Gasteiger partial charge on any atom is 0.274 e. The van der Waals surface area contributed by atoms with E-state index in [1.165, 1.54) is 12.0 Å². The summed E-state index contributed by atoms with van der Waals surface area (Å²) in [4.78, 5) is 23.1. The standard InChI is InChI=1S/C19H23N5O2S/c1-12-16(13(2)26-21-12)10-22-7-14-3-4-15(9-22)24(8-14)18(25)17-11-23-5-6-27-19(23)20-17/h5-6,11,14-15H,3-4,7-10H2,1-2H3/t14-,15+/m1/s1. The van der Waals surface area contributed by atoms with Gasteiger partial charge in [-0.25, -0.2) is 4.98 Å². The van der Waals surface area contributed by atoms with Crippen molar-refractivity contribution in [2.45, 2.75) is 39.3 Å². The van der Waals surface area contributed by atoms with E-state index in [9.17, 15) is 4.79 Å². The van der Waals surface area contributed by atoms with Gasteiger partial charge in [-0.15, -0.1) is 11.3 Å². The molecule has 0 unspecified atom stereocenters. The highest BCUT2D eigenvalue weighted by Gasteiger charge is 2.38. The van der Waals surface area contributed by atoms with Crippen LogP contribution < -0.4 is 0 Å². The molecule has 2 bridgehead atoms. The lowest BCUT2D eigenvalue weighted by Gasteiger charge is -2.35. The maximum absolute atomic E-state index is 13.2. The van der Waals surface area contributed by atoms with E-state index in [4.69, 9.17) is 4.52 Å². The topological polar surface area (TPSA) is 66.9 Å². The van der Waals surface area contributed by atoms with E-state index in [-0.39, 0.29) is 11.9 Å². The third-order valence-electron chi connectivity index (χ3n) is 5.93. The van der Waals surface area contributed by atoms with Gasteiger partial charge in [0.1, 0.15) is 11.5 Å². The molecule has 3 aromatic rings. The van der Waals surface area contributed by atoms with Crippen LogP contribution in [0, 0.1) is 19.8 Å². The van der Waals surface area contributed by atoms with Gasteiger partial charge >= 0.3 is 0 Å². The van der Waals surface area contributed by atoms with Gasteiger partial charge in [-0.3, -0.25) is 14.1 Å². The van der Waals surface area contributed by atoms with Gasteiger partial charge in [0.25, 0.3) is 5.91 Å². The van der Waals surface area contributed by atoms with Crippen LogP contribution in [0.5, 0.6) is 0 Å². The summed E-state index contributed by atoms with van der Waals surface area (Å²) in [5.74, 6) is 1.48. The van der Waals surface area contributed by atoms with Gasteiger partial charge in [0.2, 0.25) is 0 Å². The minimum Gasteiger partial charge on any atom is -0.361 e. The Morgan fingerprint density at radius 1 is 1.30 bits per heavy atom. The Bertz CT molecular complexity index is 941. The number of carbonyl (C=O) groups excluding carboxylic acids is 1. The van der Waals surface area contributed by atoms with Gasteiger partial charge in [-0.2, -0.15) is 0 Å². The van der Waals surface area contributed by atoms with Crippen LogP contribution in [0.25, 0.3) is 4.96 Å². The fraction of sp³-hybridized carbons (Fsp3) is 0.526. The molecule has 3 aromatic heterocycles. The van der Waals surface area contributed by atoms with Crippen LogP contribution in [0.1, 0.15) is 40.3 Å². The highest BCUT2D eigenvalue weighted by atomic mass is 32.1. The molecule has 3 saturated heterocycles. The van der Waals surface area contributed by atoms with Gasteiger partial charge in [-0.1, -0.05) is 5.16 Å². The fourth-order valence-electron chi connectivity index (χ4n) is 4.49. The molecular weight excluding hydrogens is 362 g/mol. The number of rotatable bonds is 3. The summed E-state index contributed by atoms with van der Waals surface area (Å²) in [6.45, 7) is 7.56. The molecule has 3 aliphatic heterocycles. The van der Waals surface area contributed by atoms with E-state index in [1.807, 2.05) is 36.0 Å². The smallest absolute Gasteiger partial charge is 0.274 e. The summed E-state index contributed by atoms with van der Waals surface area (Å²) in [6.07, 6.45) is 6.06.